The summed E-state index contributed by atoms with van der Waals surface area (Å²) in [7, 11) is 0. The van der Waals surface area contributed by atoms with Crippen molar-refractivity contribution in [2.45, 2.75) is 24.2 Å². The monoisotopic (exact) mass is 334 g/mol. The summed E-state index contributed by atoms with van der Waals surface area (Å²) in [4.78, 5) is 3.65. The van der Waals surface area contributed by atoms with Crippen LogP contribution in [0.25, 0.3) is 0 Å². The van der Waals surface area contributed by atoms with Crippen LogP contribution >= 0.6 is 15.9 Å². The number of rotatable bonds is 1. The molecule has 1 aromatic rings. The Morgan fingerprint density at radius 2 is 2.16 bits per heavy atom. The summed E-state index contributed by atoms with van der Waals surface area (Å²) in [6, 6.07) is 5.70. The van der Waals surface area contributed by atoms with E-state index in [0.29, 0.717) is 10.9 Å². The molecule has 1 saturated carbocycles. The van der Waals surface area contributed by atoms with Crippen LogP contribution in [0.4, 0.5) is 13.2 Å². The Morgan fingerprint density at radius 1 is 1.42 bits per heavy atom. The molecule has 1 aliphatic heterocycles. The third-order valence-corrected chi connectivity index (χ3v) is 4.02. The zero-order chi connectivity index (χ0) is 13.8. The molecule has 0 bridgehead atoms. The third-order valence-electron chi connectivity index (χ3n) is 3.52. The molecule has 0 radical (unpaired) electrons. The number of hydrogen-bond acceptors (Lipinski definition) is 3. The lowest BCUT2D eigenvalue weighted by Crippen LogP contribution is -2.48. The van der Waals surface area contributed by atoms with Crippen molar-refractivity contribution in [3.05, 3.63) is 34.3 Å². The van der Waals surface area contributed by atoms with E-state index in [4.69, 9.17) is 10.5 Å². The lowest BCUT2D eigenvalue weighted by Gasteiger charge is -2.35. The van der Waals surface area contributed by atoms with Gasteiger partial charge in [-0.2, -0.15) is 13.2 Å². The minimum Gasteiger partial charge on any atom is -0.462 e. The predicted octanol–water partition coefficient (Wildman–Crippen LogP) is 2.94. The second kappa shape index (κ2) is 3.88. The second-order valence-electron chi connectivity index (χ2n) is 4.72. The van der Waals surface area contributed by atoms with E-state index in [1.165, 1.54) is 12.1 Å². The van der Waals surface area contributed by atoms with Crippen molar-refractivity contribution < 1.29 is 17.9 Å². The zero-order valence-electron chi connectivity index (χ0n) is 9.62. The maximum atomic E-state index is 13.6. The topological polar surface area (TPSA) is 47.6 Å². The Labute approximate surface area is 115 Å². The van der Waals surface area contributed by atoms with Gasteiger partial charge in [-0.15, -0.1) is 0 Å². The molecule has 2 N–H and O–H groups in total. The molecule has 1 fully saturated rings. The van der Waals surface area contributed by atoms with Crippen LogP contribution in [0.5, 0.6) is 0 Å². The number of ether oxygens (including phenoxy) is 1. The van der Waals surface area contributed by atoms with E-state index in [2.05, 4.69) is 20.9 Å². The average molecular weight is 335 g/mol. The Morgan fingerprint density at radius 3 is 2.79 bits per heavy atom. The number of nitrogens with two attached hydrogens (primary N) is 1. The number of fused-ring (bicyclic) bond motifs is 1. The molecular weight excluding hydrogens is 325 g/mol. The Bertz CT molecular complexity index is 560. The molecule has 3 atom stereocenters. The lowest BCUT2D eigenvalue weighted by molar-refractivity contribution is -0.200. The molecule has 3 rings (SSSR count). The van der Waals surface area contributed by atoms with Gasteiger partial charge in [0.1, 0.15) is 6.10 Å². The van der Waals surface area contributed by atoms with Gasteiger partial charge in [0.2, 0.25) is 0 Å². The first-order valence-corrected chi connectivity index (χ1v) is 6.48. The lowest BCUT2D eigenvalue weighted by atomic mass is 9.84. The largest absolute Gasteiger partial charge is 0.462 e. The van der Waals surface area contributed by atoms with Gasteiger partial charge in [-0.1, -0.05) is 28.1 Å². The van der Waals surface area contributed by atoms with Crippen LogP contribution in [0, 0.1) is 5.92 Å². The highest BCUT2D eigenvalue weighted by Gasteiger charge is 2.70. The van der Waals surface area contributed by atoms with Crippen molar-refractivity contribution in [2.24, 2.45) is 16.6 Å². The van der Waals surface area contributed by atoms with Gasteiger partial charge in [0.15, 0.2) is 5.54 Å². The molecular formula is C12H10BrF3N2O. The van der Waals surface area contributed by atoms with E-state index in [9.17, 15) is 13.2 Å². The first-order valence-electron chi connectivity index (χ1n) is 5.69. The van der Waals surface area contributed by atoms with Crippen molar-refractivity contribution in [1.82, 2.24) is 0 Å². The minimum absolute atomic E-state index is 0.0909. The van der Waals surface area contributed by atoms with E-state index >= 15 is 0 Å². The highest BCUT2D eigenvalue weighted by atomic mass is 79.9. The highest BCUT2D eigenvalue weighted by Crippen LogP contribution is 2.59. The summed E-state index contributed by atoms with van der Waals surface area (Å²) in [5, 5.41) is 0. The molecule has 2 aliphatic rings. The van der Waals surface area contributed by atoms with Crippen molar-refractivity contribution in [3.8, 4) is 0 Å². The van der Waals surface area contributed by atoms with E-state index < -0.39 is 29.8 Å². The minimum atomic E-state index is -4.51. The van der Waals surface area contributed by atoms with Crippen molar-refractivity contribution >= 4 is 22.0 Å². The number of nitrogens with zero attached hydrogens (tertiary/aromatic N) is 1. The molecule has 3 nitrogen and oxygen atoms in total. The van der Waals surface area contributed by atoms with E-state index in [1.807, 2.05) is 0 Å². The Kier molecular flexibility index (Phi) is 2.61. The van der Waals surface area contributed by atoms with E-state index in [-0.39, 0.29) is 5.56 Å². The summed E-state index contributed by atoms with van der Waals surface area (Å²) < 4.78 is 46.5. The van der Waals surface area contributed by atoms with Crippen LogP contribution < -0.4 is 5.73 Å². The summed E-state index contributed by atoms with van der Waals surface area (Å²) in [5.41, 5.74) is 3.22. The molecule has 19 heavy (non-hydrogen) atoms. The van der Waals surface area contributed by atoms with Crippen molar-refractivity contribution in [2.75, 3.05) is 0 Å². The first-order chi connectivity index (χ1) is 8.84. The number of halogens is 4. The molecule has 1 heterocycles. The van der Waals surface area contributed by atoms with Gasteiger partial charge in [-0.25, -0.2) is 4.99 Å². The molecule has 1 aliphatic carbocycles. The second-order valence-corrected chi connectivity index (χ2v) is 5.64. The van der Waals surface area contributed by atoms with Gasteiger partial charge in [0.25, 0.3) is 6.02 Å². The summed E-state index contributed by atoms with van der Waals surface area (Å²) >= 11 is 3.19. The van der Waals surface area contributed by atoms with Gasteiger partial charge in [-0.3, -0.25) is 0 Å². The molecule has 0 amide bonds. The maximum absolute atomic E-state index is 13.6. The van der Waals surface area contributed by atoms with Gasteiger partial charge in [0.05, 0.1) is 0 Å². The Balaban J connectivity index is 2.21. The number of aliphatic imine (C=N–C) groups is 1. The van der Waals surface area contributed by atoms with Crippen LogP contribution in [0.2, 0.25) is 0 Å². The molecule has 0 saturated heterocycles. The van der Waals surface area contributed by atoms with Crippen LogP contribution in [0.15, 0.2) is 33.7 Å². The molecule has 102 valence electrons. The molecule has 1 unspecified atom stereocenters. The van der Waals surface area contributed by atoms with Gasteiger partial charge >= 0.3 is 6.18 Å². The fourth-order valence-electron chi connectivity index (χ4n) is 2.62. The Hall–Kier alpha value is -1.24. The average Bonchev–Trinajstić information content (AvgIpc) is 3.05. The number of benzene rings is 1. The maximum Gasteiger partial charge on any atom is 0.418 e. The number of hydrogen-bond donors (Lipinski definition) is 1. The number of alkyl halides is 3. The summed E-state index contributed by atoms with van der Waals surface area (Å²) in [6.07, 6.45) is -4.68. The molecule has 7 heteroatoms. The fourth-order valence-corrected chi connectivity index (χ4v) is 3.02. The van der Waals surface area contributed by atoms with Gasteiger partial charge < -0.3 is 10.5 Å². The molecule has 1 aromatic carbocycles. The number of amidine groups is 1. The zero-order valence-corrected chi connectivity index (χ0v) is 11.2. The van der Waals surface area contributed by atoms with E-state index in [1.54, 1.807) is 12.1 Å². The smallest absolute Gasteiger partial charge is 0.418 e. The van der Waals surface area contributed by atoms with Crippen molar-refractivity contribution in [3.63, 3.8) is 0 Å². The quantitative estimate of drug-likeness (QED) is 0.858. The standard InChI is InChI=1S/C12H10BrF3N2O/c13-7-3-1-2-6(4-7)11(12(14,15)16)8-5-9(8)19-10(17)18-11/h1-4,8-9H,5H2,(H2,17,18)/t8-,9?,11+/m0/s1. The van der Waals surface area contributed by atoms with Crippen LogP contribution in [-0.4, -0.2) is 18.3 Å². The molecule has 0 aromatic heterocycles. The van der Waals surface area contributed by atoms with E-state index in [0.717, 1.165) is 0 Å². The highest BCUT2D eigenvalue weighted by molar-refractivity contribution is 9.10. The summed E-state index contributed by atoms with van der Waals surface area (Å²) in [5.74, 6) is -0.700. The van der Waals surface area contributed by atoms with Crippen LogP contribution in [0.1, 0.15) is 12.0 Å². The van der Waals surface area contributed by atoms with Crippen molar-refractivity contribution in [1.29, 1.82) is 0 Å². The van der Waals surface area contributed by atoms with Gasteiger partial charge in [0, 0.05) is 10.4 Å². The fraction of sp³-hybridized carbons (Fsp3) is 0.417. The predicted molar refractivity (Wildman–Crippen MR) is 66.5 cm³/mol. The normalized spacial score (nSPS) is 33.2. The molecule has 0 spiro atoms. The van der Waals surface area contributed by atoms with Gasteiger partial charge in [-0.05, 0) is 24.1 Å². The van der Waals surface area contributed by atoms with Crippen LogP contribution in [0.3, 0.4) is 0 Å². The first kappa shape index (κ1) is 12.8. The summed E-state index contributed by atoms with van der Waals surface area (Å²) in [6.45, 7) is 0. The third kappa shape index (κ3) is 1.82. The van der Waals surface area contributed by atoms with Crippen LogP contribution in [-0.2, 0) is 10.3 Å². The SMILES string of the molecule is NC1=N[C@@](c2cccc(Br)c2)(C(F)(F)F)[C@H]2CC2O1.